The van der Waals surface area contributed by atoms with Crippen LogP contribution in [0.25, 0.3) is 0 Å². The summed E-state index contributed by atoms with van der Waals surface area (Å²) in [4.78, 5) is 0. The molecule has 3 atom stereocenters. The number of hydrogen-bond donors (Lipinski definition) is 1. The zero-order valence-electron chi connectivity index (χ0n) is 10.6. The van der Waals surface area contributed by atoms with Crippen molar-refractivity contribution in [2.24, 2.45) is 22.2 Å². The maximum atomic E-state index is 9.55. The molecule has 1 N–H and O–H groups in total. The van der Waals surface area contributed by atoms with Crippen molar-refractivity contribution in [2.75, 3.05) is 6.61 Å². The van der Waals surface area contributed by atoms with Crippen LogP contribution >= 0.6 is 0 Å². The second kappa shape index (κ2) is 3.23. The lowest BCUT2D eigenvalue weighted by Gasteiger charge is -2.62. The molecule has 0 amide bonds. The molecule has 0 aromatic carbocycles. The van der Waals surface area contributed by atoms with Crippen molar-refractivity contribution >= 4 is 0 Å². The lowest BCUT2D eigenvalue weighted by Crippen LogP contribution is -2.57. The highest BCUT2D eigenvalue weighted by atomic mass is 16.3. The lowest BCUT2D eigenvalue weighted by atomic mass is 9.43. The molecule has 0 heterocycles. The highest BCUT2D eigenvalue weighted by Gasteiger charge is 2.57. The van der Waals surface area contributed by atoms with Crippen molar-refractivity contribution in [1.82, 2.24) is 0 Å². The minimum absolute atomic E-state index is 0.139. The Kier molecular flexibility index (Phi) is 2.78. The summed E-state index contributed by atoms with van der Waals surface area (Å²) in [6.07, 6.45) is 2.47. The predicted molar refractivity (Wildman–Crippen MR) is 61.2 cm³/mol. The van der Waals surface area contributed by atoms with E-state index in [0.717, 1.165) is 0 Å². The van der Waals surface area contributed by atoms with Gasteiger partial charge in [0.2, 0.25) is 0 Å². The Labute approximate surface area is 88.9 Å². The Hall–Kier alpha value is -0.0400. The van der Waals surface area contributed by atoms with Gasteiger partial charge in [0.05, 0.1) is 0 Å². The van der Waals surface area contributed by atoms with Gasteiger partial charge in [-0.05, 0) is 35.0 Å². The van der Waals surface area contributed by atoms with E-state index in [9.17, 15) is 5.11 Å². The van der Waals surface area contributed by atoms with E-state index in [-0.39, 0.29) is 5.41 Å². The van der Waals surface area contributed by atoms with Gasteiger partial charge < -0.3 is 5.11 Å². The van der Waals surface area contributed by atoms with Gasteiger partial charge in [-0.15, -0.1) is 0 Å². The third kappa shape index (κ3) is 1.71. The summed E-state index contributed by atoms with van der Waals surface area (Å²) in [5, 5.41) is 9.55. The summed E-state index contributed by atoms with van der Waals surface area (Å²) < 4.78 is 0. The van der Waals surface area contributed by atoms with Crippen molar-refractivity contribution < 1.29 is 5.11 Å². The zero-order valence-corrected chi connectivity index (χ0v) is 10.6. The Balaban J connectivity index is 2.78. The maximum absolute atomic E-state index is 9.55. The third-order valence-electron chi connectivity index (χ3n) is 4.47. The van der Waals surface area contributed by atoms with Gasteiger partial charge in [0.15, 0.2) is 0 Å². The molecule has 0 radical (unpaired) electrons. The van der Waals surface area contributed by atoms with Gasteiger partial charge >= 0.3 is 0 Å². The number of hydrogen-bond acceptors (Lipinski definition) is 1. The Bertz CT molecular complexity index is 216. The summed E-state index contributed by atoms with van der Waals surface area (Å²) in [5.41, 5.74) is 0.838. The van der Waals surface area contributed by atoms with E-state index >= 15 is 0 Å². The van der Waals surface area contributed by atoms with Gasteiger partial charge in [-0.3, -0.25) is 0 Å². The molecule has 1 saturated carbocycles. The predicted octanol–water partition coefficient (Wildman–Crippen LogP) is 3.47. The molecule has 1 aliphatic rings. The molecule has 0 aromatic rings. The molecule has 1 aliphatic carbocycles. The second-order valence-corrected chi connectivity index (χ2v) is 6.98. The molecule has 1 rings (SSSR count). The van der Waals surface area contributed by atoms with Crippen LogP contribution in [0.1, 0.15) is 54.4 Å². The van der Waals surface area contributed by atoms with Crippen molar-refractivity contribution in [3.8, 4) is 0 Å². The van der Waals surface area contributed by atoms with E-state index in [1.54, 1.807) is 0 Å². The minimum Gasteiger partial charge on any atom is -0.396 e. The second-order valence-electron chi connectivity index (χ2n) is 6.98. The molecule has 0 spiro atoms. The quantitative estimate of drug-likeness (QED) is 0.720. The summed E-state index contributed by atoms with van der Waals surface area (Å²) in [7, 11) is 0. The van der Waals surface area contributed by atoms with Crippen LogP contribution in [0.15, 0.2) is 0 Å². The fraction of sp³-hybridized carbons (Fsp3) is 1.00. The summed E-state index contributed by atoms with van der Waals surface area (Å²) >= 11 is 0. The molecular formula is C13H26O. The molecule has 1 fully saturated rings. The highest BCUT2D eigenvalue weighted by Crippen LogP contribution is 2.63. The molecule has 0 aromatic heterocycles. The van der Waals surface area contributed by atoms with Crippen LogP contribution in [0, 0.1) is 22.2 Å². The van der Waals surface area contributed by atoms with E-state index in [1.807, 2.05) is 0 Å². The van der Waals surface area contributed by atoms with Gasteiger partial charge in [-0.25, -0.2) is 0 Å². The first kappa shape index (κ1) is 12.0. The van der Waals surface area contributed by atoms with Crippen LogP contribution in [0.4, 0.5) is 0 Å². The van der Waals surface area contributed by atoms with Crippen LogP contribution < -0.4 is 0 Å². The first-order valence-electron chi connectivity index (χ1n) is 5.75. The molecule has 1 heteroatoms. The number of aliphatic hydroxyl groups excluding tert-OH is 1. The maximum Gasteiger partial charge on any atom is 0.0492 e. The van der Waals surface area contributed by atoms with Crippen molar-refractivity contribution in [3.63, 3.8) is 0 Å². The van der Waals surface area contributed by atoms with Crippen LogP contribution in [0.2, 0.25) is 0 Å². The summed E-state index contributed by atoms with van der Waals surface area (Å²) in [5.74, 6) is 0.667. The van der Waals surface area contributed by atoms with E-state index in [4.69, 9.17) is 0 Å². The minimum atomic E-state index is 0.139. The van der Waals surface area contributed by atoms with Gasteiger partial charge in [0.1, 0.15) is 0 Å². The fourth-order valence-corrected chi connectivity index (χ4v) is 3.39. The number of aliphatic hydroxyl groups is 1. The van der Waals surface area contributed by atoms with Crippen LogP contribution in [0.3, 0.4) is 0 Å². The Morgan fingerprint density at radius 2 is 1.79 bits per heavy atom. The van der Waals surface area contributed by atoms with E-state index in [1.165, 1.54) is 12.8 Å². The van der Waals surface area contributed by atoms with Gasteiger partial charge in [-0.1, -0.05) is 41.5 Å². The lowest BCUT2D eigenvalue weighted by molar-refractivity contribution is -0.159. The fourth-order valence-electron chi connectivity index (χ4n) is 3.39. The zero-order chi connectivity index (χ0) is 11.2. The monoisotopic (exact) mass is 198 g/mol. The third-order valence-corrected chi connectivity index (χ3v) is 4.47. The average Bonchev–Trinajstić information content (AvgIpc) is 1.99. The smallest absolute Gasteiger partial charge is 0.0492 e. The number of rotatable bonds is 2. The van der Waals surface area contributed by atoms with Crippen LogP contribution in [-0.4, -0.2) is 11.7 Å². The Morgan fingerprint density at radius 3 is 2.07 bits per heavy atom. The van der Waals surface area contributed by atoms with E-state index in [2.05, 4.69) is 41.5 Å². The van der Waals surface area contributed by atoms with Gasteiger partial charge in [0, 0.05) is 6.61 Å². The SMILES string of the molecule is CC1CC(C)(CC(C)(C)C)C1(C)CO. The van der Waals surface area contributed by atoms with Gasteiger partial charge in [-0.2, -0.15) is 0 Å². The van der Waals surface area contributed by atoms with Crippen molar-refractivity contribution in [3.05, 3.63) is 0 Å². The van der Waals surface area contributed by atoms with Gasteiger partial charge in [0.25, 0.3) is 0 Å². The molecule has 0 aliphatic heterocycles. The highest BCUT2D eigenvalue weighted by molar-refractivity contribution is 5.06. The Morgan fingerprint density at radius 1 is 1.29 bits per heavy atom. The molecule has 84 valence electrons. The van der Waals surface area contributed by atoms with Crippen molar-refractivity contribution in [1.29, 1.82) is 0 Å². The largest absolute Gasteiger partial charge is 0.396 e. The molecule has 0 saturated heterocycles. The van der Waals surface area contributed by atoms with Crippen LogP contribution in [-0.2, 0) is 0 Å². The first-order valence-corrected chi connectivity index (χ1v) is 5.75. The molecule has 14 heavy (non-hydrogen) atoms. The standard InChI is InChI=1S/C13H26O/c1-10-7-12(5,8-11(2,3)4)13(10,6)9-14/h10,14H,7-9H2,1-6H3. The molecule has 1 nitrogen and oxygen atoms in total. The molecular weight excluding hydrogens is 172 g/mol. The average molecular weight is 198 g/mol. The van der Waals surface area contributed by atoms with Crippen LogP contribution in [0.5, 0.6) is 0 Å². The normalized spacial score (nSPS) is 43.5. The van der Waals surface area contributed by atoms with E-state index in [0.29, 0.717) is 23.4 Å². The molecule has 3 unspecified atom stereocenters. The first-order chi connectivity index (χ1) is 6.15. The topological polar surface area (TPSA) is 20.2 Å². The van der Waals surface area contributed by atoms with E-state index < -0.39 is 0 Å². The summed E-state index contributed by atoms with van der Waals surface area (Å²) in [6.45, 7) is 14.1. The van der Waals surface area contributed by atoms with Crippen molar-refractivity contribution in [2.45, 2.75) is 54.4 Å². The summed E-state index contributed by atoms with van der Waals surface area (Å²) in [6, 6.07) is 0. The molecule has 0 bridgehead atoms.